The van der Waals surface area contributed by atoms with Gasteiger partial charge in [-0.05, 0) is 68.0 Å². The topological polar surface area (TPSA) is 99.7 Å². The fraction of sp³-hybridized carbons (Fsp3) is 0.207. The molecule has 8 heteroatoms. The summed E-state index contributed by atoms with van der Waals surface area (Å²) in [6, 6.07) is 16.4. The number of aromatic nitrogens is 5. The summed E-state index contributed by atoms with van der Waals surface area (Å²) in [7, 11) is 0. The molecule has 0 unspecified atom stereocenters. The highest BCUT2D eigenvalue weighted by Gasteiger charge is 2.15. The fourth-order valence-electron chi connectivity index (χ4n) is 4.32. The number of nitrogen functional groups attached to an aromatic ring is 1. The first-order chi connectivity index (χ1) is 18.0. The molecule has 5 aromatic rings. The maximum Gasteiger partial charge on any atom is 0.180 e. The second-order valence-electron chi connectivity index (χ2n) is 8.88. The van der Waals surface area contributed by atoms with Crippen LogP contribution in [0.5, 0.6) is 5.75 Å². The zero-order valence-electron chi connectivity index (χ0n) is 20.9. The highest BCUT2D eigenvalue weighted by atomic mass is 32.1. The summed E-state index contributed by atoms with van der Waals surface area (Å²) in [5.74, 6) is 1.42. The van der Waals surface area contributed by atoms with E-state index in [2.05, 4.69) is 59.1 Å². The standard InChI is InChI=1S/C29H28N6OS/c1-19-13-23(36-18-21-7-4-3-5-8-21)14-20(2)27(19)25-15-22(9-6-10-24-16-33-29(30)37-24)34-28(35-25)26-17-31-11-12-32-26/h3-5,7-8,11-17H,6,9-10,18H2,1-2H3,(H2,30,33). The smallest absolute Gasteiger partial charge is 0.180 e. The summed E-state index contributed by atoms with van der Waals surface area (Å²) in [4.78, 5) is 23.7. The molecule has 186 valence electrons. The molecule has 0 fully saturated rings. The van der Waals surface area contributed by atoms with E-state index in [1.54, 1.807) is 18.6 Å². The Labute approximate surface area is 220 Å². The molecule has 2 N–H and O–H groups in total. The van der Waals surface area contributed by atoms with E-state index in [1.165, 1.54) is 16.2 Å². The van der Waals surface area contributed by atoms with E-state index < -0.39 is 0 Å². The number of benzene rings is 2. The molecule has 0 saturated carbocycles. The maximum atomic E-state index is 6.09. The summed E-state index contributed by atoms with van der Waals surface area (Å²) in [6.07, 6.45) is 9.50. The van der Waals surface area contributed by atoms with Crippen molar-refractivity contribution in [2.45, 2.75) is 39.7 Å². The molecule has 7 nitrogen and oxygen atoms in total. The molecular formula is C29H28N6OS. The number of nitrogens with zero attached hydrogens (tertiary/aromatic N) is 5. The molecule has 0 bridgehead atoms. The van der Waals surface area contributed by atoms with Gasteiger partial charge in [-0.1, -0.05) is 30.3 Å². The Balaban J connectivity index is 1.43. The van der Waals surface area contributed by atoms with E-state index >= 15 is 0 Å². The van der Waals surface area contributed by atoms with Gasteiger partial charge >= 0.3 is 0 Å². The van der Waals surface area contributed by atoms with E-state index in [1.807, 2.05) is 24.4 Å². The van der Waals surface area contributed by atoms with Gasteiger partial charge in [0.1, 0.15) is 18.1 Å². The van der Waals surface area contributed by atoms with Crippen LogP contribution in [-0.4, -0.2) is 24.9 Å². The van der Waals surface area contributed by atoms with E-state index in [-0.39, 0.29) is 0 Å². The van der Waals surface area contributed by atoms with E-state index in [9.17, 15) is 0 Å². The van der Waals surface area contributed by atoms with Crippen molar-refractivity contribution >= 4 is 16.5 Å². The van der Waals surface area contributed by atoms with Gasteiger partial charge < -0.3 is 10.5 Å². The number of aryl methyl sites for hydroxylation is 4. The number of rotatable bonds is 9. The van der Waals surface area contributed by atoms with E-state index in [0.717, 1.165) is 58.7 Å². The summed E-state index contributed by atoms with van der Waals surface area (Å²) in [5, 5.41) is 0.603. The fourth-order valence-corrected chi connectivity index (χ4v) is 5.04. The number of anilines is 1. The Morgan fingerprint density at radius 1 is 0.865 bits per heavy atom. The lowest BCUT2D eigenvalue weighted by Gasteiger charge is -2.15. The minimum absolute atomic E-state index is 0.527. The largest absolute Gasteiger partial charge is 0.489 e. The normalized spacial score (nSPS) is 11.0. The van der Waals surface area contributed by atoms with Crippen LogP contribution in [0.2, 0.25) is 0 Å². The van der Waals surface area contributed by atoms with Crippen LogP contribution in [0.3, 0.4) is 0 Å². The molecule has 0 aliphatic carbocycles. The molecule has 0 radical (unpaired) electrons. The number of hydrogen-bond donors (Lipinski definition) is 1. The van der Waals surface area contributed by atoms with E-state index in [4.69, 9.17) is 20.4 Å². The quantitative estimate of drug-likeness (QED) is 0.260. The number of ether oxygens (including phenoxy) is 1. The highest BCUT2D eigenvalue weighted by molar-refractivity contribution is 7.15. The van der Waals surface area contributed by atoms with Crippen molar-refractivity contribution in [1.82, 2.24) is 24.9 Å². The van der Waals surface area contributed by atoms with Gasteiger partial charge in [-0.3, -0.25) is 4.98 Å². The monoisotopic (exact) mass is 508 g/mol. The Bertz CT molecular complexity index is 1460. The van der Waals surface area contributed by atoms with Crippen LogP contribution in [0.25, 0.3) is 22.8 Å². The Morgan fingerprint density at radius 3 is 2.38 bits per heavy atom. The highest BCUT2D eigenvalue weighted by Crippen LogP contribution is 2.32. The molecule has 0 aliphatic heterocycles. The molecule has 3 heterocycles. The summed E-state index contributed by atoms with van der Waals surface area (Å²) in [6.45, 7) is 4.71. The minimum Gasteiger partial charge on any atom is -0.489 e. The molecule has 0 saturated heterocycles. The van der Waals surface area contributed by atoms with Crippen molar-refractivity contribution in [3.8, 4) is 28.5 Å². The van der Waals surface area contributed by atoms with Crippen molar-refractivity contribution in [3.63, 3.8) is 0 Å². The average Bonchev–Trinajstić information content (AvgIpc) is 3.33. The molecule has 3 aromatic heterocycles. The summed E-state index contributed by atoms with van der Waals surface area (Å²) >= 11 is 1.53. The van der Waals surface area contributed by atoms with Crippen molar-refractivity contribution in [2.24, 2.45) is 0 Å². The van der Waals surface area contributed by atoms with Gasteiger partial charge in [-0.15, -0.1) is 11.3 Å². The third-order valence-electron chi connectivity index (χ3n) is 6.01. The third kappa shape index (κ3) is 6.16. The summed E-state index contributed by atoms with van der Waals surface area (Å²) in [5.41, 5.74) is 12.7. The van der Waals surface area contributed by atoms with Crippen LogP contribution >= 0.6 is 11.3 Å². The Kier molecular flexibility index (Phi) is 7.46. The number of nitrogens with two attached hydrogens (primary N) is 1. The average molecular weight is 509 g/mol. The van der Waals surface area contributed by atoms with Gasteiger partial charge in [0, 0.05) is 34.7 Å². The molecule has 5 rings (SSSR count). The van der Waals surface area contributed by atoms with Crippen LogP contribution in [0, 0.1) is 13.8 Å². The molecule has 37 heavy (non-hydrogen) atoms. The molecule has 2 aromatic carbocycles. The van der Waals surface area contributed by atoms with Gasteiger partial charge in [-0.2, -0.15) is 0 Å². The molecule has 0 spiro atoms. The van der Waals surface area contributed by atoms with Crippen molar-refractivity contribution in [3.05, 3.63) is 101 Å². The molecular weight excluding hydrogens is 480 g/mol. The van der Waals surface area contributed by atoms with Crippen molar-refractivity contribution in [2.75, 3.05) is 5.73 Å². The van der Waals surface area contributed by atoms with Gasteiger partial charge in [0.15, 0.2) is 11.0 Å². The number of thiazole rings is 1. The maximum absolute atomic E-state index is 6.09. The Hall–Kier alpha value is -4.17. The van der Waals surface area contributed by atoms with Gasteiger partial charge in [-0.25, -0.2) is 19.9 Å². The summed E-state index contributed by atoms with van der Waals surface area (Å²) < 4.78 is 6.09. The molecule has 0 aliphatic rings. The van der Waals surface area contributed by atoms with Crippen molar-refractivity contribution < 1.29 is 4.74 Å². The number of hydrogen-bond acceptors (Lipinski definition) is 8. The second kappa shape index (κ2) is 11.3. The first kappa shape index (κ1) is 24.5. The van der Waals surface area contributed by atoms with Crippen LogP contribution in [0.1, 0.15) is 33.7 Å². The van der Waals surface area contributed by atoms with Gasteiger partial charge in [0.2, 0.25) is 0 Å². The SMILES string of the molecule is Cc1cc(OCc2ccccc2)cc(C)c1-c1cc(CCCc2cnc(N)s2)nc(-c2cnccn2)n1. The van der Waals surface area contributed by atoms with Crippen LogP contribution in [0.4, 0.5) is 5.13 Å². The zero-order valence-corrected chi connectivity index (χ0v) is 21.7. The van der Waals surface area contributed by atoms with Crippen LogP contribution in [0.15, 0.2) is 73.3 Å². The first-order valence-corrected chi connectivity index (χ1v) is 13.0. The first-order valence-electron chi connectivity index (χ1n) is 12.2. The van der Waals surface area contributed by atoms with Crippen LogP contribution < -0.4 is 10.5 Å². The second-order valence-corrected chi connectivity index (χ2v) is 10.0. The lowest BCUT2D eigenvalue weighted by molar-refractivity contribution is 0.306. The molecule has 0 amide bonds. The Morgan fingerprint density at radius 2 is 1.68 bits per heavy atom. The van der Waals surface area contributed by atoms with E-state index in [0.29, 0.717) is 23.3 Å². The lowest BCUT2D eigenvalue weighted by Crippen LogP contribution is -2.03. The molecule has 0 atom stereocenters. The van der Waals surface area contributed by atoms with Crippen LogP contribution in [-0.2, 0) is 19.4 Å². The van der Waals surface area contributed by atoms with Crippen molar-refractivity contribution in [1.29, 1.82) is 0 Å². The predicted octanol–water partition coefficient (Wildman–Crippen LogP) is 6.01. The predicted molar refractivity (Wildman–Crippen MR) is 147 cm³/mol. The third-order valence-corrected chi connectivity index (χ3v) is 6.90. The zero-order chi connectivity index (χ0) is 25.6. The van der Waals surface area contributed by atoms with Gasteiger partial charge in [0.05, 0.1) is 11.9 Å². The van der Waals surface area contributed by atoms with Gasteiger partial charge in [0.25, 0.3) is 0 Å². The lowest BCUT2D eigenvalue weighted by atomic mass is 9.98. The minimum atomic E-state index is 0.527.